The smallest absolute Gasteiger partial charge is 0.217 e. The maximum absolute atomic E-state index is 13.5. The molecule has 0 unspecified atom stereocenters. The van der Waals surface area contributed by atoms with Crippen molar-refractivity contribution in [3.63, 3.8) is 0 Å². The maximum atomic E-state index is 13.5. The molecule has 1 amide bonds. The van der Waals surface area contributed by atoms with Crippen molar-refractivity contribution < 1.29 is 23.4 Å². The number of aliphatic hydroxyl groups is 1. The first-order valence-corrected chi connectivity index (χ1v) is 10.7. The van der Waals surface area contributed by atoms with Crippen molar-refractivity contribution in [1.82, 2.24) is 10.6 Å². The maximum Gasteiger partial charge on any atom is 0.217 e. The molecule has 29 heavy (non-hydrogen) atoms. The lowest BCUT2D eigenvalue weighted by molar-refractivity contribution is -0.120. The number of carbonyl (C=O) groups excluding carboxylic acids is 1. The third-order valence-electron chi connectivity index (χ3n) is 6.01. The van der Waals surface area contributed by atoms with Crippen LogP contribution in [0.3, 0.4) is 0 Å². The topological polar surface area (TPSA) is 70.6 Å². The summed E-state index contributed by atoms with van der Waals surface area (Å²) in [7, 11) is 0. The lowest BCUT2D eigenvalue weighted by Crippen LogP contribution is -2.51. The zero-order valence-corrected chi connectivity index (χ0v) is 17.0. The zero-order chi connectivity index (χ0) is 20.8. The van der Waals surface area contributed by atoms with Crippen molar-refractivity contribution in [2.24, 2.45) is 5.92 Å². The fraction of sp³-hybridized carbons (Fsp3) is 0.682. The Labute approximate surface area is 171 Å². The first-order valence-electron chi connectivity index (χ1n) is 10.7. The monoisotopic (exact) mass is 410 g/mol. The number of rotatable bonds is 8. The number of hydrogen-bond donors (Lipinski definition) is 3. The van der Waals surface area contributed by atoms with Crippen molar-refractivity contribution >= 4 is 5.91 Å². The minimum atomic E-state index is -0.895. The summed E-state index contributed by atoms with van der Waals surface area (Å²) >= 11 is 0. The van der Waals surface area contributed by atoms with Gasteiger partial charge in [-0.15, -0.1) is 0 Å². The SMILES string of the molecule is CC(=O)N[C@@H](Cc1cc(F)cc(F)c1)[C@H](O)[C@H]1C[C@@H](OCC2CCCCC2)CN1. The van der Waals surface area contributed by atoms with Gasteiger partial charge in [-0.3, -0.25) is 4.79 Å². The van der Waals surface area contributed by atoms with Gasteiger partial charge in [0.15, 0.2) is 0 Å². The lowest BCUT2D eigenvalue weighted by Gasteiger charge is -2.28. The van der Waals surface area contributed by atoms with E-state index >= 15 is 0 Å². The Kier molecular flexibility index (Phi) is 7.98. The van der Waals surface area contributed by atoms with Gasteiger partial charge in [0.25, 0.3) is 0 Å². The number of amides is 1. The number of halogens is 2. The number of benzene rings is 1. The van der Waals surface area contributed by atoms with E-state index in [9.17, 15) is 18.7 Å². The van der Waals surface area contributed by atoms with E-state index in [0.29, 0.717) is 24.4 Å². The van der Waals surface area contributed by atoms with Gasteiger partial charge in [-0.25, -0.2) is 8.78 Å². The molecule has 1 aliphatic heterocycles. The van der Waals surface area contributed by atoms with Gasteiger partial charge in [0, 0.05) is 32.2 Å². The van der Waals surface area contributed by atoms with E-state index in [2.05, 4.69) is 10.6 Å². The molecular formula is C22H32F2N2O3. The van der Waals surface area contributed by atoms with Crippen LogP contribution in [0, 0.1) is 17.6 Å². The molecule has 0 bridgehead atoms. The minimum Gasteiger partial charge on any atom is -0.389 e. The minimum absolute atomic E-state index is 0.0289. The van der Waals surface area contributed by atoms with Crippen LogP contribution in [0.2, 0.25) is 0 Å². The van der Waals surface area contributed by atoms with Gasteiger partial charge in [-0.05, 0) is 49.3 Å². The zero-order valence-electron chi connectivity index (χ0n) is 17.0. The molecule has 3 N–H and O–H groups in total. The molecule has 1 aromatic rings. The average Bonchev–Trinajstić information content (AvgIpc) is 3.14. The molecule has 0 aromatic heterocycles. The predicted molar refractivity (Wildman–Crippen MR) is 106 cm³/mol. The summed E-state index contributed by atoms with van der Waals surface area (Å²) < 4.78 is 33.1. The van der Waals surface area contributed by atoms with Crippen LogP contribution in [0.5, 0.6) is 0 Å². The molecule has 2 fully saturated rings. The van der Waals surface area contributed by atoms with Gasteiger partial charge in [0.2, 0.25) is 5.91 Å². The molecule has 2 aliphatic rings. The standard InChI is InChI=1S/C22H32F2N2O3/c1-14(27)26-21(9-16-7-17(23)10-18(24)8-16)22(28)20-11-19(12-25-20)29-13-15-5-3-2-4-6-15/h7-8,10,15,19-22,25,28H,2-6,9,11-13H2,1H3,(H,26,27)/t19-,20-,21+,22-/m1/s1. The normalized spacial score (nSPS) is 25.0. The van der Waals surface area contributed by atoms with E-state index in [1.165, 1.54) is 51.2 Å². The highest BCUT2D eigenvalue weighted by atomic mass is 19.1. The van der Waals surface area contributed by atoms with E-state index in [1.54, 1.807) is 0 Å². The predicted octanol–water partition coefficient (Wildman–Crippen LogP) is 2.70. The molecular weight excluding hydrogens is 378 g/mol. The first kappa shape index (κ1) is 22.1. The number of hydrogen-bond acceptors (Lipinski definition) is 4. The number of ether oxygens (including phenoxy) is 1. The van der Waals surface area contributed by atoms with Gasteiger partial charge in [0.05, 0.1) is 18.2 Å². The highest BCUT2D eigenvalue weighted by molar-refractivity contribution is 5.73. The van der Waals surface area contributed by atoms with Crippen LogP contribution in [-0.4, -0.2) is 48.5 Å². The molecule has 1 aliphatic carbocycles. The van der Waals surface area contributed by atoms with Crippen molar-refractivity contribution in [2.75, 3.05) is 13.2 Å². The summed E-state index contributed by atoms with van der Waals surface area (Å²) in [5.74, 6) is -1.02. The number of carbonyl (C=O) groups is 1. The van der Waals surface area contributed by atoms with Crippen molar-refractivity contribution in [1.29, 1.82) is 0 Å². The summed E-state index contributed by atoms with van der Waals surface area (Å²) in [6, 6.07) is 2.36. The fourth-order valence-corrected chi connectivity index (χ4v) is 4.53. The Morgan fingerprint density at radius 2 is 1.93 bits per heavy atom. The fourth-order valence-electron chi connectivity index (χ4n) is 4.53. The Balaban J connectivity index is 1.55. The van der Waals surface area contributed by atoms with Crippen LogP contribution in [0.25, 0.3) is 0 Å². The van der Waals surface area contributed by atoms with Gasteiger partial charge < -0.3 is 20.5 Å². The molecule has 1 aromatic carbocycles. The first-order chi connectivity index (χ1) is 13.9. The van der Waals surface area contributed by atoms with Gasteiger partial charge in [-0.1, -0.05) is 19.3 Å². The summed E-state index contributed by atoms with van der Waals surface area (Å²) in [6.07, 6.45) is 6.23. The summed E-state index contributed by atoms with van der Waals surface area (Å²) in [4.78, 5) is 11.6. The average molecular weight is 411 g/mol. The highest BCUT2D eigenvalue weighted by Gasteiger charge is 2.35. The molecule has 4 atom stereocenters. The third-order valence-corrected chi connectivity index (χ3v) is 6.01. The second-order valence-corrected chi connectivity index (χ2v) is 8.49. The molecule has 1 saturated carbocycles. The Hall–Kier alpha value is -1.57. The summed E-state index contributed by atoms with van der Waals surface area (Å²) in [5.41, 5.74) is 0.392. The van der Waals surface area contributed by atoms with Crippen molar-refractivity contribution in [3.05, 3.63) is 35.4 Å². The second-order valence-electron chi connectivity index (χ2n) is 8.49. The summed E-state index contributed by atoms with van der Waals surface area (Å²) in [6.45, 7) is 2.77. The molecule has 3 rings (SSSR count). The number of aliphatic hydroxyl groups excluding tert-OH is 1. The Bertz CT molecular complexity index is 662. The number of nitrogens with one attached hydrogen (secondary N) is 2. The van der Waals surface area contributed by atoms with Crippen LogP contribution < -0.4 is 10.6 Å². The molecule has 1 heterocycles. The molecule has 0 radical (unpaired) electrons. The Morgan fingerprint density at radius 1 is 1.24 bits per heavy atom. The Morgan fingerprint density at radius 3 is 2.59 bits per heavy atom. The van der Waals surface area contributed by atoms with Gasteiger partial charge >= 0.3 is 0 Å². The van der Waals surface area contributed by atoms with Crippen LogP contribution in [0.1, 0.15) is 51.0 Å². The highest BCUT2D eigenvalue weighted by Crippen LogP contribution is 2.25. The van der Waals surface area contributed by atoms with E-state index in [1.807, 2.05) is 0 Å². The molecule has 7 heteroatoms. The van der Waals surface area contributed by atoms with Crippen LogP contribution in [0.4, 0.5) is 8.78 Å². The van der Waals surface area contributed by atoms with Crippen LogP contribution in [0.15, 0.2) is 18.2 Å². The van der Waals surface area contributed by atoms with Crippen molar-refractivity contribution in [2.45, 2.75) is 76.2 Å². The van der Waals surface area contributed by atoms with Crippen molar-refractivity contribution in [3.8, 4) is 0 Å². The second kappa shape index (κ2) is 10.5. The van der Waals surface area contributed by atoms with Gasteiger partial charge in [-0.2, -0.15) is 0 Å². The molecule has 162 valence electrons. The third kappa shape index (κ3) is 6.73. The van der Waals surface area contributed by atoms with Crippen LogP contribution in [-0.2, 0) is 16.0 Å². The van der Waals surface area contributed by atoms with Crippen LogP contribution >= 0.6 is 0 Å². The van der Waals surface area contributed by atoms with Gasteiger partial charge in [0.1, 0.15) is 11.6 Å². The summed E-state index contributed by atoms with van der Waals surface area (Å²) in [5, 5.41) is 16.9. The van der Waals surface area contributed by atoms with E-state index in [0.717, 1.165) is 12.7 Å². The lowest BCUT2D eigenvalue weighted by atomic mass is 9.90. The molecule has 5 nitrogen and oxygen atoms in total. The quantitative estimate of drug-likeness (QED) is 0.616. The molecule has 1 saturated heterocycles. The van der Waals surface area contributed by atoms with E-state index in [4.69, 9.17) is 4.74 Å². The largest absolute Gasteiger partial charge is 0.389 e. The molecule has 0 spiro atoms. The van der Waals surface area contributed by atoms with E-state index in [-0.39, 0.29) is 24.5 Å². The van der Waals surface area contributed by atoms with E-state index < -0.39 is 23.8 Å².